The van der Waals surface area contributed by atoms with Crippen molar-refractivity contribution in [1.29, 1.82) is 0 Å². The largest absolute Gasteiger partial charge is 0.496 e. The van der Waals surface area contributed by atoms with Crippen LogP contribution < -0.4 is 20.9 Å². The number of aromatic nitrogens is 2. The van der Waals surface area contributed by atoms with E-state index in [-0.39, 0.29) is 29.0 Å². The molecule has 0 aliphatic heterocycles. The summed E-state index contributed by atoms with van der Waals surface area (Å²) < 4.78 is 49.6. The predicted molar refractivity (Wildman–Crippen MR) is 78.3 cm³/mol. The van der Waals surface area contributed by atoms with Gasteiger partial charge in [0, 0.05) is 0 Å². The molecule has 0 atom stereocenters. The molecule has 0 saturated heterocycles. The van der Waals surface area contributed by atoms with Crippen LogP contribution in [0, 0.1) is 0 Å². The lowest BCUT2D eigenvalue weighted by Crippen LogP contribution is -2.09. The third-order valence-electron chi connectivity index (χ3n) is 3.09. The smallest absolute Gasteiger partial charge is 0.420 e. The van der Waals surface area contributed by atoms with Crippen molar-refractivity contribution in [2.75, 3.05) is 18.6 Å². The van der Waals surface area contributed by atoms with Crippen LogP contribution >= 0.6 is 0 Å². The van der Waals surface area contributed by atoms with Crippen LogP contribution in [0.5, 0.6) is 17.2 Å². The predicted octanol–water partition coefficient (Wildman–Crippen LogP) is 3.02. The zero-order valence-corrected chi connectivity index (χ0v) is 12.4. The van der Waals surface area contributed by atoms with E-state index in [0.29, 0.717) is 12.0 Å². The lowest BCUT2D eigenvalue weighted by molar-refractivity contribution is -0.138. The molecule has 2 aromatic rings. The normalized spacial score (nSPS) is 11.3. The van der Waals surface area contributed by atoms with Crippen LogP contribution in [0.2, 0.25) is 0 Å². The van der Waals surface area contributed by atoms with E-state index in [0.717, 1.165) is 6.07 Å². The minimum Gasteiger partial charge on any atom is -0.496 e. The zero-order chi connectivity index (χ0) is 17.2. The van der Waals surface area contributed by atoms with Crippen LogP contribution in [-0.2, 0) is 12.6 Å². The quantitative estimate of drug-likeness (QED) is 0.895. The fourth-order valence-electron chi connectivity index (χ4n) is 1.96. The van der Waals surface area contributed by atoms with Gasteiger partial charge in [0.25, 0.3) is 0 Å². The van der Waals surface area contributed by atoms with Crippen molar-refractivity contribution in [3.63, 3.8) is 0 Å². The summed E-state index contributed by atoms with van der Waals surface area (Å²) in [7, 11) is 1.18. The maximum atomic E-state index is 13.1. The van der Waals surface area contributed by atoms with Gasteiger partial charge in [-0.3, -0.25) is 0 Å². The minimum atomic E-state index is -4.58. The number of aryl methyl sites for hydroxylation is 1. The van der Waals surface area contributed by atoms with Crippen molar-refractivity contribution >= 4 is 11.8 Å². The molecule has 9 heteroatoms. The number of alkyl halides is 3. The fourth-order valence-corrected chi connectivity index (χ4v) is 1.96. The number of nitrogen functional groups attached to an aromatic ring is 2. The highest BCUT2D eigenvalue weighted by Gasteiger charge is 2.35. The lowest BCUT2D eigenvalue weighted by Gasteiger charge is -2.17. The highest BCUT2D eigenvalue weighted by Crippen LogP contribution is 2.41. The number of nitrogens with two attached hydrogens (primary N) is 2. The molecule has 0 aliphatic rings. The van der Waals surface area contributed by atoms with Gasteiger partial charge in [-0.2, -0.15) is 18.2 Å². The first-order chi connectivity index (χ1) is 10.8. The van der Waals surface area contributed by atoms with E-state index < -0.39 is 11.7 Å². The van der Waals surface area contributed by atoms with Gasteiger partial charge in [-0.1, -0.05) is 6.92 Å². The molecular formula is C14H15F3N4O2. The standard InChI is InChI=1S/C14H15F3N4O2/c1-3-7-4-10(22-2)8(14(15,16)17)5-9(7)23-11-6-20-13(19)21-12(11)18/h4-6H,3H2,1-2H3,(H4,18,19,20,21). The second-order valence-electron chi connectivity index (χ2n) is 4.59. The molecule has 0 fully saturated rings. The first kappa shape index (κ1) is 16.7. The van der Waals surface area contributed by atoms with Crippen LogP contribution in [0.4, 0.5) is 24.9 Å². The zero-order valence-electron chi connectivity index (χ0n) is 12.4. The molecule has 2 rings (SSSR count). The molecule has 0 amide bonds. The van der Waals surface area contributed by atoms with Crippen LogP contribution in [0.1, 0.15) is 18.1 Å². The number of hydrogen-bond acceptors (Lipinski definition) is 6. The third kappa shape index (κ3) is 3.55. The molecule has 0 spiro atoms. The second-order valence-corrected chi connectivity index (χ2v) is 4.59. The molecule has 4 N–H and O–H groups in total. The number of rotatable bonds is 4. The number of nitrogens with zero attached hydrogens (tertiary/aromatic N) is 2. The van der Waals surface area contributed by atoms with E-state index in [1.54, 1.807) is 6.92 Å². The summed E-state index contributed by atoms with van der Waals surface area (Å²) >= 11 is 0. The maximum Gasteiger partial charge on any atom is 0.420 e. The Morgan fingerprint density at radius 1 is 1.13 bits per heavy atom. The Morgan fingerprint density at radius 2 is 1.83 bits per heavy atom. The number of halogens is 3. The number of benzene rings is 1. The molecule has 0 bridgehead atoms. The SMILES string of the molecule is CCc1cc(OC)c(C(F)(F)F)cc1Oc1cnc(N)nc1N. The van der Waals surface area contributed by atoms with E-state index in [2.05, 4.69) is 9.97 Å². The van der Waals surface area contributed by atoms with Crippen molar-refractivity contribution in [1.82, 2.24) is 9.97 Å². The van der Waals surface area contributed by atoms with E-state index in [4.69, 9.17) is 20.9 Å². The Balaban J connectivity index is 2.52. The van der Waals surface area contributed by atoms with Gasteiger partial charge in [-0.05, 0) is 24.1 Å². The molecule has 23 heavy (non-hydrogen) atoms. The number of methoxy groups -OCH3 is 1. The van der Waals surface area contributed by atoms with E-state index >= 15 is 0 Å². The molecule has 1 aromatic heterocycles. The Labute approximate surface area is 130 Å². The van der Waals surface area contributed by atoms with Gasteiger partial charge in [0.15, 0.2) is 11.6 Å². The summed E-state index contributed by atoms with van der Waals surface area (Å²) in [4.78, 5) is 7.41. The van der Waals surface area contributed by atoms with Crippen LogP contribution in [0.15, 0.2) is 18.3 Å². The van der Waals surface area contributed by atoms with Gasteiger partial charge in [0.1, 0.15) is 17.1 Å². The lowest BCUT2D eigenvalue weighted by atomic mass is 10.1. The molecular weight excluding hydrogens is 313 g/mol. The molecule has 6 nitrogen and oxygen atoms in total. The van der Waals surface area contributed by atoms with Gasteiger partial charge < -0.3 is 20.9 Å². The average Bonchev–Trinajstić information content (AvgIpc) is 2.48. The van der Waals surface area contributed by atoms with E-state index in [9.17, 15) is 13.2 Å². The summed E-state index contributed by atoms with van der Waals surface area (Å²) in [6.45, 7) is 1.78. The molecule has 0 radical (unpaired) electrons. The van der Waals surface area contributed by atoms with Gasteiger partial charge in [0.05, 0.1) is 13.3 Å². The Kier molecular flexibility index (Phi) is 4.48. The third-order valence-corrected chi connectivity index (χ3v) is 3.09. The summed E-state index contributed by atoms with van der Waals surface area (Å²) in [6, 6.07) is 2.15. The second kappa shape index (κ2) is 6.19. The van der Waals surface area contributed by atoms with Crippen molar-refractivity contribution in [3.8, 4) is 17.2 Å². The number of hydrogen-bond donors (Lipinski definition) is 2. The van der Waals surface area contributed by atoms with Crippen LogP contribution in [0.3, 0.4) is 0 Å². The highest BCUT2D eigenvalue weighted by atomic mass is 19.4. The maximum absolute atomic E-state index is 13.1. The molecule has 124 valence electrons. The summed E-state index contributed by atoms with van der Waals surface area (Å²) in [5, 5.41) is 0. The van der Waals surface area contributed by atoms with Gasteiger partial charge in [-0.15, -0.1) is 0 Å². The fraction of sp³-hybridized carbons (Fsp3) is 0.286. The van der Waals surface area contributed by atoms with Gasteiger partial charge in [-0.25, -0.2) is 4.98 Å². The average molecular weight is 328 g/mol. The van der Waals surface area contributed by atoms with Gasteiger partial charge >= 0.3 is 6.18 Å². The van der Waals surface area contributed by atoms with Crippen LogP contribution in [-0.4, -0.2) is 17.1 Å². The molecule has 0 unspecified atom stereocenters. The van der Waals surface area contributed by atoms with Crippen molar-refractivity contribution < 1.29 is 22.6 Å². The van der Waals surface area contributed by atoms with Crippen molar-refractivity contribution in [3.05, 3.63) is 29.5 Å². The van der Waals surface area contributed by atoms with E-state index in [1.807, 2.05) is 0 Å². The summed E-state index contributed by atoms with van der Waals surface area (Å²) in [6.07, 6.45) is -2.95. The number of anilines is 2. The molecule has 0 aliphatic carbocycles. The van der Waals surface area contributed by atoms with Crippen LogP contribution in [0.25, 0.3) is 0 Å². The summed E-state index contributed by atoms with van der Waals surface area (Å²) in [5.41, 5.74) is 10.6. The summed E-state index contributed by atoms with van der Waals surface area (Å²) in [5.74, 6) is -0.378. The first-order valence-electron chi connectivity index (χ1n) is 6.60. The van der Waals surface area contributed by atoms with Crippen molar-refractivity contribution in [2.24, 2.45) is 0 Å². The monoisotopic (exact) mass is 328 g/mol. The molecule has 1 aromatic carbocycles. The first-order valence-corrected chi connectivity index (χ1v) is 6.60. The van der Waals surface area contributed by atoms with Gasteiger partial charge in [0.2, 0.25) is 5.95 Å². The Hall–Kier alpha value is -2.71. The van der Waals surface area contributed by atoms with E-state index in [1.165, 1.54) is 19.4 Å². The number of ether oxygens (including phenoxy) is 2. The highest BCUT2D eigenvalue weighted by molar-refractivity contribution is 5.53. The Morgan fingerprint density at radius 3 is 2.35 bits per heavy atom. The Bertz CT molecular complexity index is 720. The molecule has 0 saturated carbocycles. The molecule has 1 heterocycles. The topological polar surface area (TPSA) is 96.3 Å². The van der Waals surface area contributed by atoms with Crippen molar-refractivity contribution in [2.45, 2.75) is 19.5 Å². The minimum absolute atomic E-state index is 0.000645.